The predicted molar refractivity (Wildman–Crippen MR) is 96.9 cm³/mol. The number of alkyl halides is 3. The van der Waals surface area contributed by atoms with Crippen LogP contribution in [0.5, 0.6) is 0 Å². The van der Waals surface area contributed by atoms with Crippen LogP contribution in [0.1, 0.15) is 68.6 Å². The molecule has 29 heavy (non-hydrogen) atoms. The molecule has 2 fully saturated rings. The smallest absolute Gasteiger partial charge is 0.344 e. The first-order valence-corrected chi connectivity index (χ1v) is 9.73. The van der Waals surface area contributed by atoms with E-state index < -0.39 is 24.0 Å². The molecule has 2 aromatic rings. The first-order chi connectivity index (χ1) is 13.6. The SMILES string of the molecule is CC(C)c1cc(C(F)(F)F)n2nc([C@H]3CCCN3C(=O)[C@@H]3CCC(=O)N3)cc2n1. The monoisotopic (exact) mass is 409 g/mol. The Labute approximate surface area is 165 Å². The van der Waals surface area contributed by atoms with E-state index in [4.69, 9.17) is 0 Å². The van der Waals surface area contributed by atoms with E-state index in [9.17, 15) is 22.8 Å². The highest BCUT2D eigenvalue weighted by Gasteiger charge is 2.39. The molecule has 1 N–H and O–H groups in total. The van der Waals surface area contributed by atoms with Crippen molar-refractivity contribution in [3.05, 3.63) is 29.2 Å². The molecule has 0 saturated carbocycles. The number of carbonyl (C=O) groups is 2. The van der Waals surface area contributed by atoms with Crippen LogP contribution in [-0.2, 0) is 15.8 Å². The summed E-state index contributed by atoms with van der Waals surface area (Å²) in [7, 11) is 0. The Morgan fingerprint density at radius 3 is 2.66 bits per heavy atom. The van der Waals surface area contributed by atoms with Crippen molar-refractivity contribution in [1.82, 2.24) is 24.8 Å². The first-order valence-electron chi connectivity index (χ1n) is 9.73. The number of amides is 2. The maximum Gasteiger partial charge on any atom is 0.433 e. The number of carbonyl (C=O) groups excluding carboxylic acids is 2. The molecule has 4 heterocycles. The number of aromatic nitrogens is 3. The zero-order valence-electron chi connectivity index (χ0n) is 16.2. The van der Waals surface area contributed by atoms with Crippen LogP contribution in [0.4, 0.5) is 13.2 Å². The van der Waals surface area contributed by atoms with Crippen molar-refractivity contribution in [1.29, 1.82) is 0 Å². The van der Waals surface area contributed by atoms with Gasteiger partial charge in [0.1, 0.15) is 11.7 Å². The van der Waals surface area contributed by atoms with E-state index in [1.165, 1.54) is 6.07 Å². The van der Waals surface area contributed by atoms with Gasteiger partial charge in [0.15, 0.2) is 5.65 Å². The second kappa shape index (κ2) is 7.00. The van der Waals surface area contributed by atoms with Gasteiger partial charge in [-0.25, -0.2) is 9.50 Å². The predicted octanol–water partition coefficient (Wildman–Crippen LogP) is 2.81. The highest BCUT2D eigenvalue weighted by molar-refractivity contribution is 5.91. The van der Waals surface area contributed by atoms with Crippen molar-refractivity contribution in [3.8, 4) is 0 Å². The minimum absolute atomic E-state index is 0.118. The van der Waals surface area contributed by atoms with E-state index in [0.717, 1.165) is 17.0 Å². The second-order valence-electron chi connectivity index (χ2n) is 7.91. The fraction of sp³-hybridized carbons (Fsp3) is 0.579. The molecule has 0 radical (unpaired) electrons. The molecule has 2 aliphatic heterocycles. The quantitative estimate of drug-likeness (QED) is 0.846. The van der Waals surface area contributed by atoms with Crippen LogP contribution in [0.2, 0.25) is 0 Å². The van der Waals surface area contributed by atoms with Crippen LogP contribution < -0.4 is 5.32 Å². The molecule has 2 saturated heterocycles. The number of likely N-dealkylation sites (tertiary alicyclic amines) is 1. The number of nitrogens with one attached hydrogen (secondary N) is 1. The van der Waals surface area contributed by atoms with E-state index in [2.05, 4.69) is 15.4 Å². The molecule has 0 aromatic carbocycles. The summed E-state index contributed by atoms with van der Waals surface area (Å²) in [5.41, 5.74) is -0.0354. The lowest BCUT2D eigenvalue weighted by Crippen LogP contribution is -2.44. The third kappa shape index (κ3) is 3.56. The molecule has 2 atom stereocenters. The zero-order chi connectivity index (χ0) is 20.9. The van der Waals surface area contributed by atoms with Crippen LogP contribution in [0, 0.1) is 0 Å². The number of nitrogens with zero attached hydrogens (tertiary/aromatic N) is 4. The van der Waals surface area contributed by atoms with E-state index in [1.54, 1.807) is 18.7 Å². The third-order valence-corrected chi connectivity index (χ3v) is 5.52. The fourth-order valence-electron chi connectivity index (χ4n) is 4.01. The van der Waals surface area contributed by atoms with Gasteiger partial charge >= 0.3 is 6.18 Å². The largest absolute Gasteiger partial charge is 0.433 e. The Kier molecular flexibility index (Phi) is 4.74. The van der Waals surface area contributed by atoms with Crippen molar-refractivity contribution in [3.63, 3.8) is 0 Å². The number of halogens is 3. The van der Waals surface area contributed by atoms with Gasteiger partial charge in [0.05, 0.1) is 11.7 Å². The Hall–Kier alpha value is -2.65. The average Bonchev–Trinajstić information content (AvgIpc) is 3.37. The molecule has 0 bridgehead atoms. The van der Waals surface area contributed by atoms with Crippen molar-refractivity contribution in [2.24, 2.45) is 0 Å². The molecular weight excluding hydrogens is 387 g/mol. The molecule has 4 rings (SSSR count). The molecular formula is C19H22F3N5O2. The summed E-state index contributed by atoms with van der Waals surface area (Å²) >= 11 is 0. The summed E-state index contributed by atoms with van der Waals surface area (Å²) in [6, 6.07) is 1.56. The number of fused-ring (bicyclic) bond motifs is 1. The van der Waals surface area contributed by atoms with Crippen LogP contribution in [-0.4, -0.2) is 43.9 Å². The maximum atomic E-state index is 13.6. The summed E-state index contributed by atoms with van der Waals surface area (Å²) in [5.74, 6) is -0.538. The van der Waals surface area contributed by atoms with Gasteiger partial charge in [-0.15, -0.1) is 0 Å². The highest BCUT2D eigenvalue weighted by Crippen LogP contribution is 2.35. The highest BCUT2D eigenvalue weighted by atomic mass is 19.4. The Bertz CT molecular complexity index is 969. The van der Waals surface area contributed by atoms with Gasteiger partial charge in [-0.3, -0.25) is 9.59 Å². The number of hydrogen-bond acceptors (Lipinski definition) is 4. The van der Waals surface area contributed by atoms with Crippen molar-refractivity contribution in [2.45, 2.75) is 63.7 Å². The van der Waals surface area contributed by atoms with Crippen molar-refractivity contribution < 1.29 is 22.8 Å². The second-order valence-corrected chi connectivity index (χ2v) is 7.91. The van der Waals surface area contributed by atoms with Crippen LogP contribution in [0.3, 0.4) is 0 Å². The van der Waals surface area contributed by atoms with Gasteiger partial charge < -0.3 is 10.2 Å². The van der Waals surface area contributed by atoms with Crippen LogP contribution in [0.15, 0.2) is 12.1 Å². The van der Waals surface area contributed by atoms with E-state index in [-0.39, 0.29) is 23.4 Å². The summed E-state index contributed by atoms with van der Waals surface area (Å²) in [6.45, 7) is 4.05. The van der Waals surface area contributed by atoms with E-state index in [0.29, 0.717) is 37.2 Å². The van der Waals surface area contributed by atoms with E-state index in [1.807, 2.05) is 0 Å². The van der Waals surface area contributed by atoms with Crippen molar-refractivity contribution in [2.75, 3.05) is 6.54 Å². The summed E-state index contributed by atoms with van der Waals surface area (Å²) < 4.78 is 41.6. The van der Waals surface area contributed by atoms with Gasteiger partial charge in [0.25, 0.3) is 0 Å². The molecule has 0 spiro atoms. The average molecular weight is 409 g/mol. The minimum Gasteiger partial charge on any atom is -0.344 e. The summed E-state index contributed by atoms with van der Waals surface area (Å²) in [5, 5.41) is 6.85. The van der Waals surface area contributed by atoms with Gasteiger partial charge in [-0.05, 0) is 31.2 Å². The lowest BCUT2D eigenvalue weighted by Gasteiger charge is -2.26. The lowest BCUT2D eigenvalue weighted by molar-refractivity contribution is -0.143. The van der Waals surface area contributed by atoms with Gasteiger partial charge in [-0.1, -0.05) is 13.8 Å². The van der Waals surface area contributed by atoms with Crippen molar-refractivity contribution >= 4 is 17.5 Å². The molecule has 2 aromatic heterocycles. The topological polar surface area (TPSA) is 79.6 Å². The number of rotatable bonds is 3. The molecule has 7 nitrogen and oxygen atoms in total. The molecule has 10 heteroatoms. The zero-order valence-corrected chi connectivity index (χ0v) is 16.2. The summed E-state index contributed by atoms with van der Waals surface area (Å²) in [4.78, 5) is 30.2. The van der Waals surface area contributed by atoms with Crippen LogP contribution >= 0.6 is 0 Å². The molecule has 156 valence electrons. The van der Waals surface area contributed by atoms with Crippen LogP contribution in [0.25, 0.3) is 5.65 Å². The Morgan fingerprint density at radius 1 is 1.28 bits per heavy atom. The molecule has 2 amide bonds. The number of hydrogen-bond donors (Lipinski definition) is 1. The third-order valence-electron chi connectivity index (χ3n) is 5.52. The standard InChI is InChI=1S/C19H22F3N5O2/c1-10(2)12-8-15(19(20,21)22)27-16(23-12)9-13(25-27)14-4-3-7-26(14)18(29)11-5-6-17(28)24-11/h8-11,14H,3-7H2,1-2H3,(H,24,28)/t11-,14+/m0/s1. The lowest BCUT2D eigenvalue weighted by atomic mass is 10.1. The van der Waals surface area contributed by atoms with Gasteiger partial charge in [0, 0.05) is 24.7 Å². The van der Waals surface area contributed by atoms with Gasteiger partial charge in [0.2, 0.25) is 11.8 Å². The minimum atomic E-state index is -4.58. The Morgan fingerprint density at radius 2 is 2.03 bits per heavy atom. The molecule has 0 unspecified atom stereocenters. The normalized spacial score (nSPS) is 22.7. The molecule has 2 aliphatic rings. The first kappa shape index (κ1) is 19.7. The fourth-order valence-corrected chi connectivity index (χ4v) is 4.01. The molecule has 0 aliphatic carbocycles. The van der Waals surface area contributed by atoms with E-state index >= 15 is 0 Å². The Balaban J connectivity index is 1.71. The maximum absolute atomic E-state index is 13.6. The summed E-state index contributed by atoms with van der Waals surface area (Å²) in [6.07, 6.45) is -2.51. The van der Waals surface area contributed by atoms with Gasteiger partial charge in [-0.2, -0.15) is 18.3 Å².